The molecular formula is C13H28N2O. The summed E-state index contributed by atoms with van der Waals surface area (Å²) in [5.74, 6) is 0. The van der Waals surface area contributed by atoms with Gasteiger partial charge in [0.15, 0.2) is 0 Å². The van der Waals surface area contributed by atoms with Gasteiger partial charge in [0, 0.05) is 18.1 Å². The van der Waals surface area contributed by atoms with Crippen LogP contribution in [0.3, 0.4) is 0 Å². The molecule has 0 spiro atoms. The quantitative estimate of drug-likeness (QED) is 0.629. The van der Waals surface area contributed by atoms with Crippen LogP contribution in [-0.4, -0.2) is 48.3 Å². The lowest BCUT2D eigenvalue weighted by Crippen LogP contribution is -2.46. The van der Waals surface area contributed by atoms with Gasteiger partial charge in [-0.2, -0.15) is 0 Å². The molecule has 0 heterocycles. The molecule has 0 aromatic heterocycles. The fraction of sp³-hybridized carbons (Fsp3) is 1.00. The van der Waals surface area contributed by atoms with Gasteiger partial charge in [0.2, 0.25) is 0 Å². The molecule has 16 heavy (non-hydrogen) atoms. The highest BCUT2D eigenvalue weighted by Gasteiger charge is 2.30. The van der Waals surface area contributed by atoms with Gasteiger partial charge in [-0.15, -0.1) is 0 Å². The van der Waals surface area contributed by atoms with Crippen molar-refractivity contribution >= 4 is 0 Å². The standard InChI is InChI=1S/C13H28N2O/c1-4-5-9-15(12-6-7-12)10-8-13(2,11-16)14-3/h12,14,16H,4-11H2,1-3H3. The third-order valence-corrected chi connectivity index (χ3v) is 3.77. The predicted molar refractivity (Wildman–Crippen MR) is 68.7 cm³/mol. The Hall–Kier alpha value is -0.120. The maximum absolute atomic E-state index is 9.35. The second-order valence-electron chi connectivity index (χ2n) is 5.34. The van der Waals surface area contributed by atoms with Crippen LogP contribution in [0.1, 0.15) is 46.0 Å². The van der Waals surface area contributed by atoms with Gasteiger partial charge in [-0.05, 0) is 46.2 Å². The summed E-state index contributed by atoms with van der Waals surface area (Å²) >= 11 is 0. The van der Waals surface area contributed by atoms with Gasteiger partial charge >= 0.3 is 0 Å². The van der Waals surface area contributed by atoms with E-state index in [1.165, 1.54) is 32.2 Å². The molecule has 1 saturated carbocycles. The molecule has 1 unspecified atom stereocenters. The first-order valence-electron chi connectivity index (χ1n) is 6.69. The Kier molecular flexibility index (Phi) is 5.73. The molecule has 3 nitrogen and oxygen atoms in total. The van der Waals surface area contributed by atoms with E-state index in [1.807, 2.05) is 7.05 Å². The van der Waals surface area contributed by atoms with E-state index in [0.717, 1.165) is 19.0 Å². The predicted octanol–water partition coefficient (Wildman–Crippen LogP) is 1.61. The van der Waals surface area contributed by atoms with Crippen molar-refractivity contribution < 1.29 is 5.11 Å². The summed E-state index contributed by atoms with van der Waals surface area (Å²) < 4.78 is 0. The minimum Gasteiger partial charge on any atom is -0.394 e. The zero-order valence-electron chi connectivity index (χ0n) is 11.1. The average Bonchev–Trinajstić information content (AvgIpc) is 3.13. The van der Waals surface area contributed by atoms with Crippen LogP contribution < -0.4 is 5.32 Å². The van der Waals surface area contributed by atoms with Crippen LogP contribution in [0.4, 0.5) is 0 Å². The van der Waals surface area contributed by atoms with E-state index in [1.54, 1.807) is 0 Å². The molecule has 0 bridgehead atoms. The van der Waals surface area contributed by atoms with Gasteiger partial charge in [0.1, 0.15) is 0 Å². The fourth-order valence-electron chi connectivity index (χ4n) is 1.95. The lowest BCUT2D eigenvalue weighted by molar-refractivity contribution is 0.148. The van der Waals surface area contributed by atoms with Gasteiger partial charge in [-0.25, -0.2) is 0 Å². The molecule has 0 aromatic carbocycles. The van der Waals surface area contributed by atoms with Crippen molar-refractivity contribution in [3.05, 3.63) is 0 Å². The van der Waals surface area contributed by atoms with Gasteiger partial charge in [-0.3, -0.25) is 0 Å². The van der Waals surface area contributed by atoms with Crippen LogP contribution >= 0.6 is 0 Å². The van der Waals surface area contributed by atoms with E-state index in [2.05, 4.69) is 24.1 Å². The molecule has 3 heteroatoms. The van der Waals surface area contributed by atoms with Crippen LogP contribution in [-0.2, 0) is 0 Å². The van der Waals surface area contributed by atoms with Crippen molar-refractivity contribution in [2.75, 3.05) is 26.7 Å². The Morgan fingerprint density at radius 2 is 2.06 bits per heavy atom. The lowest BCUT2D eigenvalue weighted by Gasteiger charge is -2.31. The Morgan fingerprint density at radius 3 is 2.50 bits per heavy atom. The third-order valence-electron chi connectivity index (χ3n) is 3.77. The molecule has 0 aliphatic heterocycles. The molecule has 0 aromatic rings. The second-order valence-corrected chi connectivity index (χ2v) is 5.34. The molecule has 0 saturated heterocycles. The molecule has 1 fully saturated rings. The molecule has 0 amide bonds. The summed E-state index contributed by atoms with van der Waals surface area (Å²) in [6, 6.07) is 0.839. The van der Waals surface area contributed by atoms with E-state index in [0.29, 0.717) is 0 Å². The number of hydrogen-bond acceptors (Lipinski definition) is 3. The van der Waals surface area contributed by atoms with Crippen molar-refractivity contribution in [1.29, 1.82) is 0 Å². The first kappa shape index (κ1) is 13.9. The van der Waals surface area contributed by atoms with E-state index in [4.69, 9.17) is 0 Å². The van der Waals surface area contributed by atoms with E-state index >= 15 is 0 Å². The fourth-order valence-corrected chi connectivity index (χ4v) is 1.95. The van der Waals surface area contributed by atoms with Gasteiger partial charge in [-0.1, -0.05) is 13.3 Å². The van der Waals surface area contributed by atoms with Gasteiger partial charge < -0.3 is 15.3 Å². The summed E-state index contributed by atoms with van der Waals surface area (Å²) in [4.78, 5) is 2.61. The number of hydrogen-bond donors (Lipinski definition) is 2. The van der Waals surface area contributed by atoms with Crippen molar-refractivity contribution in [3.63, 3.8) is 0 Å². The lowest BCUT2D eigenvalue weighted by atomic mass is 9.99. The number of aliphatic hydroxyl groups excluding tert-OH is 1. The largest absolute Gasteiger partial charge is 0.394 e. The van der Waals surface area contributed by atoms with Crippen LogP contribution in [0, 0.1) is 0 Å². The normalized spacial score (nSPS) is 20.1. The summed E-state index contributed by atoms with van der Waals surface area (Å²) in [5, 5.41) is 12.6. The van der Waals surface area contributed by atoms with Crippen molar-refractivity contribution in [2.24, 2.45) is 0 Å². The Bertz CT molecular complexity index is 188. The van der Waals surface area contributed by atoms with Crippen LogP contribution in [0.2, 0.25) is 0 Å². The molecule has 1 aliphatic rings. The molecular weight excluding hydrogens is 200 g/mol. The zero-order valence-corrected chi connectivity index (χ0v) is 11.1. The van der Waals surface area contributed by atoms with E-state index in [-0.39, 0.29) is 12.1 Å². The topological polar surface area (TPSA) is 35.5 Å². The van der Waals surface area contributed by atoms with Gasteiger partial charge in [0.05, 0.1) is 6.61 Å². The molecule has 1 atom stereocenters. The maximum atomic E-state index is 9.35. The number of nitrogens with zero attached hydrogens (tertiary/aromatic N) is 1. The van der Waals surface area contributed by atoms with Crippen molar-refractivity contribution in [2.45, 2.75) is 57.5 Å². The summed E-state index contributed by atoms with van der Waals surface area (Å²) in [7, 11) is 1.93. The third kappa shape index (κ3) is 4.40. The molecule has 96 valence electrons. The first-order chi connectivity index (χ1) is 7.65. The number of likely N-dealkylation sites (N-methyl/N-ethyl adjacent to an activating group) is 1. The Labute approximate surface area is 100 Å². The van der Waals surface area contributed by atoms with Crippen LogP contribution in [0.15, 0.2) is 0 Å². The smallest absolute Gasteiger partial charge is 0.0610 e. The average molecular weight is 228 g/mol. The highest BCUT2D eigenvalue weighted by Crippen LogP contribution is 2.27. The SMILES string of the molecule is CCCCN(CCC(C)(CO)NC)C1CC1. The number of rotatable bonds is 9. The van der Waals surface area contributed by atoms with Crippen LogP contribution in [0.5, 0.6) is 0 Å². The van der Waals surface area contributed by atoms with E-state index in [9.17, 15) is 5.11 Å². The number of aliphatic hydroxyl groups is 1. The van der Waals surface area contributed by atoms with Crippen molar-refractivity contribution in [3.8, 4) is 0 Å². The second kappa shape index (κ2) is 6.58. The Balaban J connectivity index is 2.31. The zero-order chi connectivity index (χ0) is 12.0. The minimum absolute atomic E-state index is 0.112. The minimum atomic E-state index is -0.112. The summed E-state index contributed by atoms with van der Waals surface area (Å²) in [6.45, 7) is 6.90. The summed E-state index contributed by atoms with van der Waals surface area (Å²) in [6.07, 6.45) is 6.34. The summed E-state index contributed by atoms with van der Waals surface area (Å²) in [5.41, 5.74) is -0.112. The highest BCUT2D eigenvalue weighted by atomic mass is 16.3. The Morgan fingerprint density at radius 1 is 1.38 bits per heavy atom. The van der Waals surface area contributed by atoms with Gasteiger partial charge in [0.25, 0.3) is 0 Å². The molecule has 2 N–H and O–H groups in total. The van der Waals surface area contributed by atoms with Crippen LogP contribution in [0.25, 0.3) is 0 Å². The molecule has 0 radical (unpaired) electrons. The molecule has 1 rings (SSSR count). The first-order valence-corrected chi connectivity index (χ1v) is 6.69. The maximum Gasteiger partial charge on any atom is 0.0610 e. The highest BCUT2D eigenvalue weighted by molar-refractivity contribution is 4.88. The van der Waals surface area contributed by atoms with E-state index < -0.39 is 0 Å². The van der Waals surface area contributed by atoms with Crippen molar-refractivity contribution in [1.82, 2.24) is 10.2 Å². The molecule has 1 aliphatic carbocycles. The number of nitrogens with one attached hydrogen (secondary N) is 1. The monoisotopic (exact) mass is 228 g/mol. The number of unbranched alkanes of at least 4 members (excludes halogenated alkanes) is 1.